The van der Waals surface area contributed by atoms with Gasteiger partial charge in [0.15, 0.2) is 0 Å². The molecule has 2 rings (SSSR count). The van der Waals surface area contributed by atoms with Gasteiger partial charge >= 0.3 is 7.60 Å². The number of hydrogen-bond donors (Lipinski definition) is 2. The Balaban J connectivity index is 2.85. The second kappa shape index (κ2) is 3.17. The molecule has 0 bridgehead atoms. The van der Waals surface area contributed by atoms with Crippen molar-refractivity contribution in [3.8, 4) is 0 Å². The quantitative estimate of drug-likeness (QED) is 0.688. The van der Waals surface area contributed by atoms with Crippen LogP contribution in [0.15, 0.2) is 36.5 Å². The second-order valence-corrected chi connectivity index (χ2v) is 4.47. The molecular weight excluding hydrogens is 201 g/mol. The first-order valence-corrected chi connectivity index (χ1v) is 5.60. The van der Waals surface area contributed by atoms with Gasteiger partial charge in [0.25, 0.3) is 0 Å². The van der Waals surface area contributed by atoms with Crippen molar-refractivity contribution >= 4 is 23.8 Å². The lowest BCUT2D eigenvalue weighted by Gasteiger charge is -2.06. The van der Waals surface area contributed by atoms with Crippen LogP contribution in [0.4, 0.5) is 0 Å². The van der Waals surface area contributed by atoms with Gasteiger partial charge in [-0.25, -0.2) is 0 Å². The summed E-state index contributed by atoms with van der Waals surface area (Å²) >= 11 is 0. The summed E-state index contributed by atoms with van der Waals surface area (Å²) in [6, 6.07) is 8.27. The minimum Gasteiger partial charge on any atom is -0.321 e. The molecule has 2 aromatic rings. The summed E-state index contributed by atoms with van der Waals surface area (Å²) < 4.78 is 11.1. The minimum absolute atomic E-state index is 0.0180. The smallest absolute Gasteiger partial charge is 0.321 e. The summed E-state index contributed by atoms with van der Waals surface area (Å²) in [4.78, 5) is 22.1. The van der Waals surface area contributed by atoms with Gasteiger partial charge in [-0.1, -0.05) is 18.2 Å². The Morgan fingerprint density at radius 2 is 1.86 bits per heavy atom. The summed E-state index contributed by atoms with van der Waals surface area (Å²) in [5.41, 5.74) is 0.364. The van der Waals surface area contributed by atoms with Crippen LogP contribution in [0.5, 0.6) is 0 Å². The van der Waals surface area contributed by atoms with Gasteiger partial charge < -0.3 is 9.79 Å². The molecule has 0 fully saturated rings. The average Bonchev–Trinajstić information content (AvgIpc) is 2.15. The molecule has 0 aliphatic rings. The van der Waals surface area contributed by atoms with Gasteiger partial charge in [0.05, 0.1) is 10.8 Å². The van der Waals surface area contributed by atoms with E-state index in [9.17, 15) is 4.57 Å². The maximum Gasteiger partial charge on any atom is 0.358 e. The van der Waals surface area contributed by atoms with Gasteiger partial charge in [-0.3, -0.25) is 9.55 Å². The predicted molar refractivity (Wildman–Crippen MR) is 53.4 cm³/mol. The zero-order valence-corrected chi connectivity index (χ0v) is 8.06. The third-order valence-corrected chi connectivity index (χ3v) is 2.91. The van der Waals surface area contributed by atoms with Crippen LogP contribution in [-0.4, -0.2) is 14.8 Å². The second-order valence-electron chi connectivity index (χ2n) is 2.90. The number of nitrogens with zero attached hydrogens (tertiary/aromatic N) is 1. The van der Waals surface area contributed by atoms with Crippen molar-refractivity contribution in [2.24, 2.45) is 0 Å². The van der Waals surface area contributed by atoms with Gasteiger partial charge in [-0.2, -0.15) is 0 Å². The Hall–Kier alpha value is -1.22. The van der Waals surface area contributed by atoms with Crippen LogP contribution in [-0.2, 0) is 4.57 Å². The van der Waals surface area contributed by atoms with Crippen molar-refractivity contribution in [1.82, 2.24) is 4.98 Å². The Labute approximate surface area is 80.4 Å². The number of benzene rings is 1. The van der Waals surface area contributed by atoms with Crippen LogP contribution >= 0.6 is 7.60 Å². The van der Waals surface area contributed by atoms with Crippen molar-refractivity contribution in [1.29, 1.82) is 0 Å². The summed E-state index contributed by atoms with van der Waals surface area (Å²) in [6.07, 6.45) is 1.52. The van der Waals surface area contributed by atoms with Gasteiger partial charge in [0.2, 0.25) is 0 Å². The summed E-state index contributed by atoms with van der Waals surface area (Å²) in [5, 5.41) is 0.712. The summed E-state index contributed by atoms with van der Waals surface area (Å²) in [6.45, 7) is 0. The van der Waals surface area contributed by atoms with E-state index in [2.05, 4.69) is 4.98 Å². The SMILES string of the molecule is O=P(O)(O)c1cccc2cccnc12. The predicted octanol–water partition coefficient (Wildman–Crippen LogP) is 1.04. The first-order chi connectivity index (χ1) is 6.59. The van der Waals surface area contributed by atoms with Gasteiger partial charge in [0, 0.05) is 11.6 Å². The Morgan fingerprint density at radius 3 is 2.57 bits per heavy atom. The van der Waals surface area contributed by atoms with Crippen molar-refractivity contribution in [3.05, 3.63) is 36.5 Å². The molecule has 0 aliphatic carbocycles. The monoisotopic (exact) mass is 209 g/mol. The molecule has 0 saturated carbocycles. The third-order valence-electron chi connectivity index (χ3n) is 1.93. The maximum atomic E-state index is 11.1. The van der Waals surface area contributed by atoms with E-state index >= 15 is 0 Å². The number of aromatic nitrogens is 1. The number of hydrogen-bond acceptors (Lipinski definition) is 2. The van der Waals surface area contributed by atoms with Crippen LogP contribution in [0.3, 0.4) is 0 Å². The van der Waals surface area contributed by atoms with E-state index < -0.39 is 7.60 Å². The Bertz CT molecular complexity index is 515. The van der Waals surface area contributed by atoms with Gasteiger partial charge in [-0.15, -0.1) is 0 Å². The first kappa shape index (κ1) is 9.34. The molecule has 1 aromatic carbocycles. The molecule has 1 aromatic heterocycles. The standard InChI is InChI=1S/C9H8NO3P/c11-14(12,13)8-5-1-3-7-4-2-6-10-9(7)8/h1-6H,(H2,11,12,13). The van der Waals surface area contributed by atoms with Crippen LogP contribution < -0.4 is 5.30 Å². The van der Waals surface area contributed by atoms with E-state index in [0.29, 0.717) is 5.52 Å². The molecule has 72 valence electrons. The van der Waals surface area contributed by atoms with Gasteiger partial charge in [-0.05, 0) is 12.1 Å². The number of para-hydroxylation sites is 1. The fraction of sp³-hybridized carbons (Fsp3) is 0. The average molecular weight is 209 g/mol. The number of rotatable bonds is 1. The van der Waals surface area contributed by atoms with Crippen molar-refractivity contribution in [3.63, 3.8) is 0 Å². The van der Waals surface area contributed by atoms with Crippen molar-refractivity contribution in [2.75, 3.05) is 0 Å². The molecule has 2 N–H and O–H groups in total. The highest BCUT2D eigenvalue weighted by atomic mass is 31.2. The molecule has 0 saturated heterocycles. The molecule has 0 unspecified atom stereocenters. The van der Waals surface area contributed by atoms with Crippen LogP contribution in [0.2, 0.25) is 0 Å². The van der Waals surface area contributed by atoms with E-state index in [4.69, 9.17) is 9.79 Å². The number of fused-ring (bicyclic) bond motifs is 1. The molecule has 0 spiro atoms. The van der Waals surface area contributed by atoms with Gasteiger partial charge in [0.1, 0.15) is 0 Å². The molecule has 0 radical (unpaired) electrons. The molecule has 5 heteroatoms. The fourth-order valence-electron chi connectivity index (χ4n) is 1.32. The van der Waals surface area contributed by atoms with E-state index in [1.165, 1.54) is 12.3 Å². The van der Waals surface area contributed by atoms with Crippen molar-refractivity contribution in [2.45, 2.75) is 0 Å². The topological polar surface area (TPSA) is 70.4 Å². The van der Waals surface area contributed by atoms with Crippen LogP contribution in [0.1, 0.15) is 0 Å². The van der Waals surface area contributed by atoms with E-state index in [1.54, 1.807) is 24.3 Å². The molecule has 0 aliphatic heterocycles. The van der Waals surface area contributed by atoms with Crippen LogP contribution in [0, 0.1) is 0 Å². The largest absolute Gasteiger partial charge is 0.358 e. The Morgan fingerprint density at radius 1 is 1.14 bits per heavy atom. The fourth-order valence-corrected chi connectivity index (χ4v) is 2.07. The highest BCUT2D eigenvalue weighted by molar-refractivity contribution is 7.60. The van der Waals surface area contributed by atoms with Crippen molar-refractivity contribution < 1.29 is 14.4 Å². The Kier molecular flexibility index (Phi) is 2.11. The first-order valence-electron chi connectivity index (χ1n) is 3.99. The normalized spacial score (nSPS) is 11.9. The lowest BCUT2D eigenvalue weighted by Crippen LogP contribution is -2.06. The molecule has 1 heterocycles. The molecule has 0 atom stereocenters. The van der Waals surface area contributed by atoms with Crippen LogP contribution in [0.25, 0.3) is 10.9 Å². The maximum absolute atomic E-state index is 11.1. The third kappa shape index (κ3) is 1.55. The highest BCUT2D eigenvalue weighted by Gasteiger charge is 2.20. The van der Waals surface area contributed by atoms with E-state index in [-0.39, 0.29) is 5.30 Å². The molecular formula is C9H8NO3P. The summed E-state index contributed by atoms with van der Waals surface area (Å²) in [7, 11) is -4.23. The molecule has 4 nitrogen and oxygen atoms in total. The zero-order chi connectivity index (χ0) is 10.2. The summed E-state index contributed by atoms with van der Waals surface area (Å²) in [5.74, 6) is 0. The number of pyridine rings is 1. The minimum atomic E-state index is -4.23. The lowest BCUT2D eigenvalue weighted by molar-refractivity contribution is 0.387. The van der Waals surface area contributed by atoms with E-state index in [1.807, 2.05) is 0 Å². The lowest BCUT2D eigenvalue weighted by atomic mass is 10.2. The zero-order valence-electron chi connectivity index (χ0n) is 7.16. The highest BCUT2D eigenvalue weighted by Crippen LogP contribution is 2.35. The molecule has 14 heavy (non-hydrogen) atoms. The van der Waals surface area contributed by atoms with E-state index in [0.717, 1.165) is 5.39 Å². The molecule has 0 amide bonds.